The number of hydrogen-bond donors (Lipinski definition) is 0. The van der Waals surface area contributed by atoms with Crippen molar-refractivity contribution in [1.82, 2.24) is 4.90 Å². The van der Waals surface area contributed by atoms with E-state index in [-0.39, 0.29) is 50.0 Å². The lowest BCUT2D eigenvalue weighted by Crippen LogP contribution is -2.34. The van der Waals surface area contributed by atoms with Crippen LogP contribution in [0.25, 0.3) is 0 Å². The first-order valence-electron chi connectivity index (χ1n) is 11.1. The first-order chi connectivity index (χ1) is 17.4. The minimum Gasteiger partial charge on any atom is -0.493 e. The normalized spacial score (nSPS) is 18.8. The van der Waals surface area contributed by atoms with Crippen LogP contribution in [-0.2, 0) is 29.2 Å². The molecule has 1 unspecified atom stereocenters. The molecule has 4 rings (SSSR count). The SMILES string of the molecule is Fc1ccc(C2(CCOc3ccccc3)CN(Cc3cc(C(F)(F)F)cc(C(F)(F)F)c3)CO2)cc1F. The Balaban J connectivity index is 1.58. The molecule has 0 radical (unpaired) electrons. The summed E-state index contributed by atoms with van der Waals surface area (Å²) >= 11 is 0. The van der Waals surface area contributed by atoms with E-state index in [1.54, 1.807) is 30.3 Å². The maximum absolute atomic E-state index is 14.1. The third kappa shape index (κ3) is 6.40. The van der Waals surface area contributed by atoms with Crippen molar-refractivity contribution in [3.05, 3.63) is 101 Å². The van der Waals surface area contributed by atoms with Crippen molar-refractivity contribution in [2.24, 2.45) is 0 Å². The molecule has 37 heavy (non-hydrogen) atoms. The summed E-state index contributed by atoms with van der Waals surface area (Å²) in [6.07, 6.45) is -9.79. The number of nitrogens with zero attached hydrogens (tertiary/aromatic N) is 1. The number of ether oxygens (including phenoxy) is 2. The number of alkyl halides is 6. The monoisotopic (exact) mass is 531 g/mol. The highest BCUT2D eigenvalue weighted by molar-refractivity contribution is 5.34. The van der Waals surface area contributed by atoms with Crippen molar-refractivity contribution in [3.8, 4) is 5.75 Å². The van der Waals surface area contributed by atoms with Crippen LogP contribution in [0.5, 0.6) is 5.75 Å². The molecule has 1 saturated heterocycles. The maximum Gasteiger partial charge on any atom is 0.416 e. The van der Waals surface area contributed by atoms with Crippen LogP contribution in [0.2, 0.25) is 0 Å². The number of rotatable bonds is 7. The van der Waals surface area contributed by atoms with Gasteiger partial charge in [0.25, 0.3) is 0 Å². The predicted octanol–water partition coefficient (Wildman–Crippen LogP) is 7.16. The van der Waals surface area contributed by atoms with Gasteiger partial charge in [0, 0.05) is 19.5 Å². The van der Waals surface area contributed by atoms with Crippen molar-refractivity contribution in [1.29, 1.82) is 0 Å². The lowest BCUT2D eigenvalue weighted by molar-refractivity contribution is -0.143. The highest BCUT2D eigenvalue weighted by atomic mass is 19.4. The zero-order valence-corrected chi connectivity index (χ0v) is 19.2. The number of benzene rings is 3. The standard InChI is InChI=1S/C26H21F8NO2/c27-22-7-6-18(13-23(22)28)24(8-9-36-21-4-2-1-3-5-21)15-35(16-37-24)14-17-10-19(25(29,30)31)12-20(11-17)26(32,33)34/h1-7,10-13H,8-9,14-16H2. The molecule has 3 aromatic carbocycles. The minimum atomic E-state index is -4.97. The number of halogens is 8. The molecule has 0 bridgehead atoms. The van der Waals surface area contributed by atoms with E-state index < -0.39 is 40.7 Å². The summed E-state index contributed by atoms with van der Waals surface area (Å²) in [6, 6.07) is 13.4. The van der Waals surface area contributed by atoms with Crippen LogP contribution in [0, 0.1) is 11.6 Å². The summed E-state index contributed by atoms with van der Waals surface area (Å²) in [7, 11) is 0. The molecule has 1 atom stereocenters. The van der Waals surface area contributed by atoms with Gasteiger partial charge in [0.05, 0.1) is 17.7 Å². The smallest absolute Gasteiger partial charge is 0.416 e. The first kappa shape index (κ1) is 26.9. The van der Waals surface area contributed by atoms with Crippen molar-refractivity contribution < 1.29 is 44.6 Å². The Kier molecular flexibility index (Phi) is 7.48. The molecular weight excluding hydrogens is 510 g/mol. The minimum absolute atomic E-state index is 0.00613. The molecule has 11 heteroatoms. The van der Waals surface area contributed by atoms with Gasteiger partial charge in [-0.15, -0.1) is 0 Å². The summed E-state index contributed by atoms with van der Waals surface area (Å²) in [5.41, 5.74) is -4.02. The summed E-state index contributed by atoms with van der Waals surface area (Å²) in [4.78, 5) is 1.50. The molecule has 0 spiro atoms. The van der Waals surface area contributed by atoms with Gasteiger partial charge in [-0.2, -0.15) is 26.3 Å². The Morgan fingerprint density at radius 1 is 0.811 bits per heavy atom. The Labute approximate surface area is 207 Å². The third-order valence-corrected chi connectivity index (χ3v) is 6.02. The van der Waals surface area contributed by atoms with Crippen molar-refractivity contribution in [2.45, 2.75) is 30.9 Å². The average Bonchev–Trinajstić information content (AvgIpc) is 3.24. The molecule has 0 aromatic heterocycles. The topological polar surface area (TPSA) is 21.7 Å². The van der Waals surface area contributed by atoms with Gasteiger partial charge in [-0.25, -0.2) is 8.78 Å². The fourth-order valence-corrected chi connectivity index (χ4v) is 4.24. The van der Waals surface area contributed by atoms with Gasteiger partial charge in [-0.3, -0.25) is 4.90 Å². The van der Waals surface area contributed by atoms with Gasteiger partial charge < -0.3 is 9.47 Å². The Hall–Kier alpha value is -3.18. The summed E-state index contributed by atoms with van der Waals surface area (Å²) in [5.74, 6) is -1.63. The van der Waals surface area contributed by atoms with E-state index in [0.717, 1.165) is 12.1 Å². The first-order valence-corrected chi connectivity index (χ1v) is 11.1. The van der Waals surface area contributed by atoms with Crippen LogP contribution in [0.1, 0.15) is 28.7 Å². The highest BCUT2D eigenvalue weighted by Crippen LogP contribution is 2.39. The van der Waals surface area contributed by atoms with Crippen molar-refractivity contribution >= 4 is 0 Å². The second kappa shape index (κ2) is 10.3. The van der Waals surface area contributed by atoms with E-state index in [1.165, 1.54) is 11.0 Å². The highest BCUT2D eigenvalue weighted by Gasteiger charge is 2.42. The van der Waals surface area contributed by atoms with E-state index in [9.17, 15) is 35.1 Å². The van der Waals surface area contributed by atoms with Crippen LogP contribution in [0.15, 0.2) is 66.7 Å². The molecule has 0 aliphatic carbocycles. The average molecular weight is 531 g/mol. The van der Waals surface area contributed by atoms with Gasteiger partial charge in [0.15, 0.2) is 11.6 Å². The second-order valence-electron chi connectivity index (χ2n) is 8.71. The van der Waals surface area contributed by atoms with E-state index in [1.807, 2.05) is 0 Å². The van der Waals surface area contributed by atoms with Crippen LogP contribution in [-0.4, -0.2) is 24.8 Å². The van der Waals surface area contributed by atoms with Crippen LogP contribution in [0.4, 0.5) is 35.1 Å². The summed E-state index contributed by atoms with van der Waals surface area (Å²) in [6.45, 7) is -0.369. The zero-order valence-electron chi connectivity index (χ0n) is 19.2. The third-order valence-electron chi connectivity index (χ3n) is 6.02. The van der Waals surface area contributed by atoms with Gasteiger partial charge >= 0.3 is 12.4 Å². The van der Waals surface area contributed by atoms with Gasteiger partial charge in [0.1, 0.15) is 18.1 Å². The van der Waals surface area contributed by atoms with Gasteiger partial charge in [-0.1, -0.05) is 24.3 Å². The molecule has 198 valence electrons. The number of hydrogen-bond acceptors (Lipinski definition) is 3. The van der Waals surface area contributed by atoms with Crippen molar-refractivity contribution in [2.75, 3.05) is 19.9 Å². The molecule has 1 fully saturated rings. The quantitative estimate of drug-likeness (QED) is 0.302. The van der Waals surface area contributed by atoms with Gasteiger partial charge in [0.2, 0.25) is 0 Å². The molecule has 3 nitrogen and oxygen atoms in total. The number of para-hydroxylation sites is 1. The van der Waals surface area contributed by atoms with Crippen molar-refractivity contribution in [3.63, 3.8) is 0 Å². The summed E-state index contributed by atoms with van der Waals surface area (Å²) < 4.78 is 119. The fraction of sp³-hybridized carbons (Fsp3) is 0.308. The molecule has 1 aliphatic rings. The maximum atomic E-state index is 14.1. The molecule has 0 amide bonds. The Morgan fingerprint density at radius 3 is 2.05 bits per heavy atom. The lowest BCUT2D eigenvalue weighted by Gasteiger charge is -2.29. The van der Waals surface area contributed by atoms with E-state index in [2.05, 4.69) is 0 Å². The molecular formula is C26H21F8NO2. The molecule has 0 N–H and O–H groups in total. The van der Waals surface area contributed by atoms with E-state index >= 15 is 0 Å². The van der Waals surface area contributed by atoms with Crippen LogP contribution < -0.4 is 4.74 Å². The van der Waals surface area contributed by atoms with Crippen LogP contribution >= 0.6 is 0 Å². The zero-order chi connectivity index (χ0) is 26.8. The summed E-state index contributed by atoms with van der Waals surface area (Å²) in [5, 5.41) is 0. The van der Waals surface area contributed by atoms with E-state index in [4.69, 9.17) is 9.47 Å². The lowest BCUT2D eigenvalue weighted by atomic mass is 9.90. The van der Waals surface area contributed by atoms with Gasteiger partial charge in [-0.05, 0) is 53.6 Å². The largest absolute Gasteiger partial charge is 0.493 e. The van der Waals surface area contributed by atoms with Crippen LogP contribution in [0.3, 0.4) is 0 Å². The molecule has 1 heterocycles. The Morgan fingerprint density at radius 2 is 1.46 bits per heavy atom. The van der Waals surface area contributed by atoms with E-state index in [0.29, 0.717) is 17.9 Å². The fourth-order valence-electron chi connectivity index (χ4n) is 4.24. The molecule has 0 saturated carbocycles. The Bertz CT molecular complexity index is 1200. The second-order valence-corrected chi connectivity index (χ2v) is 8.71. The molecule has 3 aromatic rings. The predicted molar refractivity (Wildman–Crippen MR) is 117 cm³/mol. The molecule has 1 aliphatic heterocycles.